The second-order valence-corrected chi connectivity index (χ2v) is 2.86. The Morgan fingerprint density at radius 1 is 1.56 bits per heavy atom. The van der Waals surface area contributed by atoms with Crippen molar-refractivity contribution in [1.82, 2.24) is 0 Å². The number of hydrogen-bond acceptors (Lipinski definition) is 1. The average Bonchev–Trinajstić information content (AvgIpc) is 1.65. The molecule has 0 fully saturated rings. The van der Waals surface area contributed by atoms with Crippen LogP contribution in [0.4, 0.5) is 0 Å². The van der Waals surface area contributed by atoms with Crippen molar-refractivity contribution in [2.45, 2.75) is 4.33 Å². The number of carbonyl (C=O) groups is 1. The van der Waals surface area contributed by atoms with Gasteiger partial charge in [-0.25, -0.2) is 4.79 Å². The topological polar surface area (TPSA) is 37.3 Å². The summed E-state index contributed by atoms with van der Waals surface area (Å²) in [6.07, 6.45) is 0.958. The Labute approximate surface area is 67.0 Å². The van der Waals surface area contributed by atoms with Crippen molar-refractivity contribution in [3.8, 4) is 0 Å². The summed E-state index contributed by atoms with van der Waals surface area (Å²) in [7, 11) is 0. The van der Waals surface area contributed by atoms with Gasteiger partial charge in [0.2, 0.25) is 4.33 Å². The number of halogens is 3. The summed E-state index contributed by atoms with van der Waals surface area (Å²) in [6.45, 7) is 0. The van der Waals surface area contributed by atoms with Crippen LogP contribution in [0, 0.1) is 0 Å². The minimum atomic E-state index is -1.90. The van der Waals surface area contributed by atoms with Crippen LogP contribution in [0.1, 0.15) is 0 Å². The molecule has 0 saturated heterocycles. The molecule has 0 aromatic rings. The summed E-state index contributed by atoms with van der Waals surface area (Å²) in [5.74, 6) is -1.34. The highest BCUT2D eigenvalue weighted by molar-refractivity contribution is 6.59. The van der Waals surface area contributed by atoms with Crippen molar-refractivity contribution in [3.63, 3.8) is 0 Å². The first kappa shape index (κ1) is 9.08. The number of alkyl halides is 2. The molecule has 0 saturated carbocycles. The Morgan fingerprint density at radius 2 is 2.00 bits per heavy atom. The number of hydrogen-bond donors (Lipinski definition) is 1. The zero-order chi connectivity index (χ0) is 7.49. The highest BCUT2D eigenvalue weighted by atomic mass is 35.5. The summed E-state index contributed by atoms with van der Waals surface area (Å²) in [5, 5.41) is 8.20. The third-order valence-electron chi connectivity index (χ3n) is 0.557. The minimum absolute atomic E-state index is 0.953. The molecule has 0 radical (unpaired) electrons. The minimum Gasteiger partial charge on any atom is -0.479 e. The van der Waals surface area contributed by atoms with Crippen LogP contribution in [0.2, 0.25) is 0 Å². The zero-order valence-corrected chi connectivity index (χ0v) is 6.41. The van der Waals surface area contributed by atoms with E-state index in [1.54, 1.807) is 0 Å². The largest absolute Gasteiger partial charge is 0.479 e. The summed E-state index contributed by atoms with van der Waals surface area (Å²) in [4.78, 5) is 10.0. The summed E-state index contributed by atoms with van der Waals surface area (Å²) in [6, 6.07) is 0. The van der Waals surface area contributed by atoms with Gasteiger partial charge in [-0.3, -0.25) is 0 Å². The smallest absolute Gasteiger partial charge is 0.344 e. The Bertz CT molecular complexity index is 141. The highest BCUT2D eigenvalue weighted by Gasteiger charge is 2.29. The molecule has 52 valence electrons. The molecule has 0 aromatic heterocycles. The van der Waals surface area contributed by atoms with E-state index in [-0.39, 0.29) is 0 Å². The maximum Gasteiger partial charge on any atom is 0.344 e. The monoisotopic (exact) mass is 188 g/mol. The van der Waals surface area contributed by atoms with Crippen molar-refractivity contribution in [2.75, 3.05) is 0 Å². The SMILES string of the molecule is O=C(O)C(Cl)(Cl)C=CCl. The quantitative estimate of drug-likeness (QED) is 0.675. The van der Waals surface area contributed by atoms with Gasteiger partial charge in [0.05, 0.1) is 0 Å². The molecule has 2 nitrogen and oxygen atoms in total. The maximum atomic E-state index is 10.0. The van der Waals surface area contributed by atoms with Gasteiger partial charge in [-0.1, -0.05) is 34.8 Å². The Balaban J connectivity index is 4.19. The summed E-state index contributed by atoms with van der Waals surface area (Å²) >= 11 is 15.3. The molecule has 5 heteroatoms. The predicted octanol–water partition coefficient (Wildman–Crippen LogP) is 2.00. The van der Waals surface area contributed by atoms with Gasteiger partial charge >= 0.3 is 5.97 Å². The normalized spacial score (nSPS) is 12.3. The Morgan fingerprint density at radius 3 is 2.11 bits per heavy atom. The maximum absolute atomic E-state index is 10.0. The first-order chi connectivity index (χ1) is 4.00. The van der Waals surface area contributed by atoms with Gasteiger partial charge in [0, 0.05) is 5.54 Å². The molecule has 0 rings (SSSR count). The third-order valence-corrected chi connectivity index (χ3v) is 1.26. The number of rotatable bonds is 2. The van der Waals surface area contributed by atoms with Crippen molar-refractivity contribution in [3.05, 3.63) is 11.6 Å². The molecule has 0 unspecified atom stereocenters. The fourth-order valence-corrected chi connectivity index (χ4v) is 0.594. The van der Waals surface area contributed by atoms with Crippen LogP contribution in [0.3, 0.4) is 0 Å². The van der Waals surface area contributed by atoms with Crippen LogP contribution < -0.4 is 0 Å². The lowest BCUT2D eigenvalue weighted by Gasteiger charge is -2.05. The van der Waals surface area contributed by atoms with E-state index in [4.69, 9.17) is 39.9 Å². The van der Waals surface area contributed by atoms with Gasteiger partial charge in [0.25, 0.3) is 0 Å². The molecule has 0 aromatic carbocycles. The van der Waals surface area contributed by atoms with E-state index >= 15 is 0 Å². The van der Waals surface area contributed by atoms with E-state index in [0.717, 1.165) is 11.6 Å². The molecule has 0 spiro atoms. The molecule has 0 aliphatic heterocycles. The van der Waals surface area contributed by atoms with Gasteiger partial charge < -0.3 is 5.11 Å². The fraction of sp³-hybridized carbons (Fsp3) is 0.250. The van der Waals surface area contributed by atoms with Crippen LogP contribution >= 0.6 is 34.8 Å². The van der Waals surface area contributed by atoms with Gasteiger partial charge in [-0.05, 0) is 6.08 Å². The lowest BCUT2D eigenvalue weighted by molar-refractivity contribution is -0.136. The lowest BCUT2D eigenvalue weighted by Crippen LogP contribution is -2.21. The summed E-state index contributed by atoms with van der Waals surface area (Å²) in [5.41, 5.74) is 0.953. The van der Waals surface area contributed by atoms with Gasteiger partial charge in [0.1, 0.15) is 0 Å². The van der Waals surface area contributed by atoms with E-state index in [0.29, 0.717) is 0 Å². The standard InChI is InChI=1S/C4H3Cl3O2/c5-2-1-4(6,7)3(8)9/h1-2H,(H,8,9). The number of carboxylic acids is 1. The van der Waals surface area contributed by atoms with Crippen LogP contribution in [0.15, 0.2) is 11.6 Å². The van der Waals surface area contributed by atoms with Crippen LogP contribution in [-0.4, -0.2) is 15.4 Å². The third kappa shape index (κ3) is 2.94. The van der Waals surface area contributed by atoms with Gasteiger partial charge in [-0.15, -0.1) is 0 Å². The Kier molecular flexibility index (Phi) is 3.33. The van der Waals surface area contributed by atoms with E-state index < -0.39 is 10.3 Å². The second kappa shape index (κ2) is 3.30. The lowest BCUT2D eigenvalue weighted by atomic mass is 10.4. The van der Waals surface area contributed by atoms with E-state index in [1.807, 2.05) is 0 Å². The molecule has 0 amide bonds. The molecule has 0 heterocycles. The van der Waals surface area contributed by atoms with E-state index in [2.05, 4.69) is 0 Å². The number of carboxylic acid groups (broad SMARTS) is 1. The first-order valence-electron chi connectivity index (χ1n) is 1.90. The molecule has 1 N–H and O–H groups in total. The number of aliphatic carboxylic acids is 1. The van der Waals surface area contributed by atoms with Gasteiger partial charge in [-0.2, -0.15) is 0 Å². The molecular formula is C4H3Cl3O2. The fourth-order valence-electron chi connectivity index (χ4n) is 0.150. The molecule has 0 bridgehead atoms. The molecule has 9 heavy (non-hydrogen) atoms. The molecule has 0 atom stereocenters. The summed E-state index contributed by atoms with van der Waals surface area (Å²) < 4.78 is -1.90. The van der Waals surface area contributed by atoms with Crippen LogP contribution in [0.5, 0.6) is 0 Å². The van der Waals surface area contributed by atoms with Crippen LogP contribution in [-0.2, 0) is 4.79 Å². The first-order valence-corrected chi connectivity index (χ1v) is 3.09. The van der Waals surface area contributed by atoms with Crippen molar-refractivity contribution in [1.29, 1.82) is 0 Å². The Hall–Kier alpha value is 0.0800. The molecule has 0 aliphatic rings. The highest BCUT2D eigenvalue weighted by Crippen LogP contribution is 2.22. The molecular weight excluding hydrogens is 186 g/mol. The van der Waals surface area contributed by atoms with E-state index in [1.165, 1.54) is 0 Å². The average molecular weight is 189 g/mol. The predicted molar refractivity (Wildman–Crippen MR) is 37.1 cm³/mol. The molecule has 0 aliphatic carbocycles. The van der Waals surface area contributed by atoms with Gasteiger partial charge in [0.15, 0.2) is 0 Å². The van der Waals surface area contributed by atoms with E-state index in [9.17, 15) is 4.79 Å². The second-order valence-electron chi connectivity index (χ2n) is 1.22. The van der Waals surface area contributed by atoms with Crippen molar-refractivity contribution in [2.24, 2.45) is 0 Å². The van der Waals surface area contributed by atoms with Crippen LogP contribution in [0.25, 0.3) is 0 Å². The van der Waals surface area contributed by atoms with Crippen molar-refractivity contribution < 1.29 is 9.90 Å². The zero-order valence-electron chi connectivity index (χ0n) is 4.14. The van der Waals surface area contributed by atoms with Crippen molar-refractivity contribution >= 4 is 40.8 Å².